The molecule has 0 aliphatic carbocycles. The first-order valence-electron chi connectivity index (χ1n) is 7.63. The predicted molar refractivity (Wildman–Crippen MR) is 82.8 cm³/mol. The van der Waals surface area contributed by atoms with E-state index in [9.17, 15) is 4.79 Å². The van der Waals surface area contributed by atoms with Gasteiger partial charge in [0, 0.05) is 25.2 Å². The van der Waals surface area contributed by atoms with E-state index in [1.54, 1.807) is 0 Å². The van der Waals surface area contributed by atoms with Crippen LogP contribution in [-0.4, -0.2) is 36.0 Å². The van der Waals surface area contributed by atoms with Gasteiger partial charge in [-0.3, -0.25) is 4.79 Å². The number of hydrogen-bond donors (Lipinski definition) is 1. The van der Waals surface area contributed by atoms with E-state index < -0.39 is 0 Å². The van der Waals surface area contributed by atoms with Crippen molar-refractivity contribution in [2.45, 2.75) is 52.1 Å². The van der Waals surface area contributed by atoms with Gasteiger partial charge in [-0.05, 0) is 39.2 Å². The lowest BCUT2D eigenvalue weighted by Crippen LogP contribution is -2.46. The summed E-state index contributed by atoms with van der Waals surface area (Å²) in [5, 5.41) is 3.18. The fraction of sp³-hybridized carbons (Fsp3) is 0.588. The number of nitrogens with zero attached hydrogens (tertiary/aromatic N) is 1. The smallest absolute Gasteiger partial charge is 0.224 e. The van der Waals surface area contributed by atoms with Crippen LogP contribution in [0.25, 0.3) is 0 Å². The molecule has 1 aromatic carbocycles. The number of aryl methyl sites for hydroxylation is 1. The SMILES string of the molecule is Cc1cccc(CC(=O)NC2CCN(C(C)C)CC2)c1. The second-order valence-corrected chi connectivity index (χ2v) is 6.14. The molecule has 1 saturated heterocycles. The van der Waals surface area contributed by atoms with Crippen LogP contribution >= 0.6 is 0 Å². The Bertz CT molecular complexity index is 448. The van der Waals surface area contributed by atoms with E-state index in [-0.39, 0.29) is 5.91 Å². The van der Waals surface area contributed by atoms with Gasteiger partial charge in [-0.1, -0.05) is 29.8 Å². The van der Waals surface area contributed by atoms with Crippen LogP contribution in [0.15, 0.2) is 24.3 Å². The molecule has 3 nitrogen and oxygen atoms in total. The number of piperidine rings is 1. The summed E-state index contributed by atoms with van der Waals surface area (Å²) in [6, 6.07) is 9.14. The maximum Gasteiger partial charge on any atom is 0.224 e. The Balaban J connectivity index is 1.78. The van der Waals surface area contributed by atoms with Crippen molar-refractivity contribution in [2.24, 2.45) is 0 Å². The summed E-state index contributed by atoms with van der Waals surface area (Å²) < 4.78 is 0. The Kier molecular flexibility index (Phi) is 5.18. The van der Waals surface area contributed by atoms with Gasteiger partial charge in [0.1, 0.15) is 0 Å². The average Bonchev–Trinajstić information content (AvgIpc) is 2.39. The van der Waals surface area contributed by atoms with E-state index in [0.717, 1.165) is 31.5 Å². The first-order valence-corrected chi connectivity index (χ1v) is 7.63. The molecule has 0 atom stereocenters. The molecule has 3 heteroatoms. The van der Waals surface area contributed by atoms with E-state index in [0.29, 0.717) is 18.5 Å². The van der Waals surface area contributed by atoms with Crippen LogP contribution in [0.5, 0.6) is 0 Å². The van der Waals surface area contributed by atoms with Gasteiger partial charge in [-0.15, -0.1) is 0 Å². The average molecular weight is 274 g/mol. The van der Waals surface area contributed by atoms with E-state index in [1.165, 1.54) is 5.56 Å². The first kappa shape index (κ1) is 15.0. The fourth-order valence-corrected chi connectivity index (χ4v) is 2.85. The lowest BCUT2D eigenvalue weighted by atomic mass is 10.0. The minimum Gasteiger partial charge on any atom is -0.353 e. The van der Waals surface area contributed by atoms with Crippen LogP contribution in [0.2, 0.25) is 0 Å². The Morgan fingerprint density at radius 1 is 1.35 bits per heavy atom. The summed E-state index contributed by atoms with van der Waals surface area (Å²) >= 11 is 0. The van der Waals surface area contributed by atoms with Crippen molar-refractivity contribution >= 4 is 5.91 Å². The maximum absolute atomic E-state index is 12.1. The summed E-state index contributed by atoms with van der Waals surface area (Å²) in [6.45, 7) is 8.70. The fourth-order valence-electron chi connectivity index (χ4n) is 2.85. The maximum atomic E-state index is 12.1. The second-order valence-electron chi connectivity index (χ2n) is 6.14. The molecule has 0 aromatic heterocycles. The summed E-state index contributed by atoms with van der Waals surface area (Å²) in [6.07, 6.45) is 2.63. The highest BCUT2D eigenvalue weighted by Gasteiger charge is 2.21. The number of nitrogens with one attached hydrogen (secondary N) is 1. The molecular formula is C17H26N2O. The lowest BCUT2D eigenvalue weighted by Gasteiger charge is -2.34. The molecule has 1 aromatic rings. The van der Waals surface area contributed by atoms with E-state index in [2.05, 4.69) is 43.1 Å². The zero-order valence-electron chi connectivity index (χ0n) is 12.9. The Morgan fingerprint density at radius 3 is 2.65 bits per heavy atom. The van der Waals surface area contributed by atoms with Gasteiger partial charge in [0.15, 0.2) is 0 Å². The van der Waals surface area contributed by atoms with Crippen molar-refractivity contribution in [3.05, 3.63) is 35.4 Å². The van der Waals surface area contributed by atoms with Crippen molar-refractivity contribution in [3.8, 4) is 0 Å². The van der Waals surface area contributed by atoms with Crippen molar-refractivity contribution in [1.29, 1.82) is 0 Å². The highest BCUT2D eigenvalue weighted by atomic mass is 16.1. The molecule has 20 heavy (non-hydrogen) atoms. The van der Waals surface area contributed by atoms with E-state index in [4.69, 9.17) is 0 Å². The quantitative estimate of drug-likeness (QED) is 0.915. The molecule has 0 saturated carbocycles. The number of carbonyl (C=O) groups excluding carboxylic acids is 1. The van der Waals surface area contributed by atoms with Gasteiger partial charge in [0.05, 0.1) is 6.42 Å². The number of likely N-dealkylation sites (tertiary alicyclic amines) is 1. The van der Waals surface area contributed by atoms with Crippen LogP contribution in [0.1, 0.15) is 37.8 Å². The summed E-state index contributed by atoms with van der Waals surface area (Å²) in [5.74, 6) is 0.151. The van der Waals surface area contributed by atoms with Gasteiger partial charge in [0.2, 0.25) is 5.91 Å². The van der Waals surface area contributed by atoms with Crippen LogP contribution < -0.4 is 5.32 Å². The molecule has 0 spiro atoms. The molecule has 1 amide bonds. The second kappa shape index (κ2) is 6.89. The monoisotopic (exact) mass is 274 g/mol. The molecular weight excluding hydrogens is 248 g/mol. The van der Waals surface area contributed by atoms with Crippen molar-refractivity contribution in [1.82, 2.24) is 10.2 Å². The molecule has 1 N–H and O–H groups in total. The summed E-state index contributed by atoms with van der Waals surface area (Å²) in [5.41, 5.74) is 2.31. The third-order valence-electron chi connectivity index (χ3n) is 4.07. The highest BCUT2D eigenvalue weighted by molar-refractivity contribution is 5.78. The van der Waals surface area contributed by atoms with Gasteiger partial charge < -0.3 is 10.2 Å². The number of carbonyl (C=O) groups is 1. The number of hydrogen-bond acceptors (Lipinski definition) is 2. The van der Waals surface area contributed by atoms with E-state index in [1.807, 2.05) is 12.1 Å². The normalized spacial score (nSPS) is 17.4. The molecule has 110 valence electrons. The molecule has 1 fully saturated rings. The Labute approximate surface area is 122 Å². The van der Waals surface area contributed by atoms with Crippen molar-refractivity contribution < 1.29 is 4.79 Å². The number of amides is 1. The van der Waals surface area contributed by atoms with Crippen LogP contribution in [0, 0.1) is 6.92 Å². The predicted octanol–water partition coefficient (Wildman–Crippen LogP) is 2.53. The molecule has 0 unspecified atom stereocenters. The van der Waals surface area contributed by atoms with Crippen LogP contribution in [0.3, 0.4) is 0 Å². The largest absolute Gasteiger partial charge is 0.353 e. The molecule has 1 aliphatic rings. The van der Waals surface area contributed by atoms with E-state index >= 15 is 0 Å². The Hall–Kier alpha value is -1.35. The van der Waals surface area contributed by atoms with Gasteiger partial charge >= 0.3 is 0 Å². The lowest BCUT2D eigenvalue weighted by molar-refractivity contribution is -0.121. The topological polar surface area (TPSA) is 32.3 Å². The molecule has 1 aliphatic heterocycles. The van der Waals surface area contributed by atoms with Gasteiger partial charge in [-0.2, -0.15) is 0 Å². The molecule has 2 rings (SSSR count). The van der Waals surface area contributed by atoms with Crippen LogP contribution in [0.4, 0.5) is 0 Å². The highest BCUT2D eigenvalue weighted by Crippen LogP contribution is 2.13. The zero-order valence-corrected chi connectivity index (χ0v) is 12.9. The minimum atomic E-state index is 0.151. The standard InChI is InChI=1S/C17H26N2O/c1-13(2)19-9-7-16(8-10-19)18-17(20)12-15-6-4-5-14(3)11-15/h4-6,11,13,16H,7-10,12H2,1-3H3,(H,18,20). The molecule has 0 bridgehead atoms. The first-order chi connectivity index (χ1) is 9.54. The van der Waals surface area contributed by atoms with Crippen molar-refractivity contribution in [3.63, 3.8) is 0 Å². The van der Waals surface area contributed by atoms with Gasteiger partial charge in [-0.25, -0.2) is 0 Å². The third kappa shape index (κ3) is 4.34. The number of benzene rings is 1. The summed E-state index contributed by atoms with van der Waals surface area (Å²) in [4.78, 5) is 14.6. The summed E-state index contributed by atoms with van der Waals surface area (Å²) in [7, 11) is 0. The Morgan fingerprint density at radius 2 is 2.05 bits per heavy atom. The van der Waals surface area contributed by atoms with Crippen molar-refractivity contribution in [2.75, 3.05) is 13.1 Å². The van der Waals surface area contributed by atoms with Crippen LogP contribution in [-0.2, 0) is 11.2 Å². The molecule has 0 radical (unpaired) electrons. The van der Waals surface area contributed by atoms with Gasteiger partial charge in [0.25, 0.3) is 0 Å². The number of rotatable bonds is 4. The minimum absolute atomic E-state index is 0.151. The molecule has 1 heterocycles. The third-order valence-corrected chi connectivity index (χ3v) is 4.07. The zero-order chi connectivity index (χ0) is 14.5.